The lowest BCUT2D eigenvalue weighted by Gasteiger charge is -2.30. The molecule has 3 heterocycles. The average molecular weight is 490 g/mol. The molecule has 37 heavy (non-hydrogen) atoms. The van der Waals surface area contributed by atoms with Crippen LogP contribution in [0.2, 0.25) is 0 Å². The average Bonchev–Trinajstić information content (AvgIpc) is 3.33. The Morgan fingerprint density at radius 3 is 2.19 bits per heavy atom. The van der Waals surface area contributed by atoms with E-state index in [0.717, 1.165) is 44.9 Å². The molecule has 0 radical (unpaired) electrons. The Balaban J connectivity index is 1.26. The van der Waals surface area contributed by atoms with Crippen LogP contribution in [-0.4, -0.2) is 32.2 Å². The zero-order valence-electron chi connectivity index (χ0n) is 20.0. The molecule has 0 unspecified atom stereocenters. The summed E-state index contributed by atoms with van der Waals surface area (Å²) in [6.45, 7) is 1.02. The Morgan fingerprint density at radius 1 is 0.784 bits per heavy atom. The highest BCUT2D eigenvalue weighted by Crippen LogP contribution is 2.39. The third-order valence-corrected chi connectivity index (χ3v) is 6.53. The molecule has 1 aliphatic heterocycles. The Morgan fingerprint density at radius 2 is 1.46 bits per heavy atom. The second kappa shape index (κ2) is 9.70. The number of nitrogens with one attached hydrogen (secondary N) is 1. The Hall–Kier alpha value is -4.78. The number of halogens is 1. The van der Waals surface area contributed by atoms with Gasteiger partial charge in [-0.1, -0.05) is 54.6 Å². The molecular weight excluding hydrogens is 465 g/mol. The number of benzene rings is 3. The first-order chi connectivity index (χ1) is 18.2. The fraction of sp³-hybridized carbons (Fsp3) is 0.100. The van der Waals surface area contributed by atoms with Gasteiger partial charge in [0, 0.05) is 18.0 Å². The van der Waals surface area contributed by atoms with Gasteiger partial charge < -0.3 is 0 Å². The summed E-state index contributed by atoms with van der Waals surface area (Å²) in [6, 6.07) is 28.4. The van der Waals surface area contributed by atoms with Crippen molar-refractivity contribution >= 4 is 11.7 Å². The summed E-state index contributed by atoms with van der Waals surface area (Å²) in [7, 11) is 0. The predicted octanol–water partition coefficient (Wildman–Crippen LogP) is 5.83. The molecule has 1 N–H and O–H groups in total. The van der Waals surface area contributed by atoms with Crippen LogP contribution < -0.4 is 5.43 Å². The van der Waals surface area contributed by atoms with Gasteiger partial charge in [-0.25, -0.2) is 9.07 Å². The molecule has 0 saturated heterocycles. The minimum Gasteiger partial charge on any atom is -0.279 e. The van der Waals surface area contributed by atoms with Gasteiger partial charge in [0.05, 0.1) is 25.1 Å². The number of hydrogen-bond acceptors (Lipinski definition) is 4. The fourth-order valence-electron chi connectivity index (χ4n) is 4.62. The van der Waals surface area contributed by atoms with Gasteiger partial charge in [-0.05, 0) is 58.7 Å². The Labute approximate surface area is 214 Å². The van der Waals surface area contributed by atoms with E-state index >= 15 is 0 Å². The van der Waals surface area contributed by atoms with Crippen LogP contribution in [0.15, 0.2) is 103 Å². The number of pyridine rings is 1. The highest BCUT2D eigenvalue weighted by molar-refractivity contribution is 5.90. The number of anilines is 1. The fourth-order valence-corrected chi connectivity index (χ4v) is 4.62. The van der Waals surface area contributed by atoms with Gasteiger partial charge in [-0.3, -0.25) is 20.2 Å². The molecule has 7 heteroatoms. The van der Waals surface area contributed by atoms with Gasteiger partial charge in [-0.15, -0.1) is 0 Å². The Kier molecular flexibility index (Phi) is 5.94. The van der Waals surface area contributed by atoms with E-state index in [0.29, 0.717) is 13.1 Å². The predicted molar refractivity (Wildman–Crippen MR) is 142 cm³/mol. The van der Waals surface area contributed by atoms with Crippen molar-refractivity contribution in [2.45, 2.75) is 13.0 Å². The first-order valence-electron chi connectivity index (χ1n) is 12.1. The summed E-state index contributed by atoms with van der Waals surface area (Å²) in [5.41, 5.74) is 9.80. The number of hydrogen-bond donors (Lipinski definition) is 1. The Bertz CT molecular complexity index is 1530. The van der Waals surface area contributed by atoms with Crippen molar-refractivity contribution in [2.75, 3.05) is 12.0 Å². The molecule has 0 spiro atoms. The molecule has 6 nitrogen and oxygen atoms in total. The normalized spacial score (nSPS) is 12.6. The van der Waals surface area contributed by atoms with Crippen LogP contribution in [0.25, 0.3) is 33.5 Å². The van der Waals surface area contributed by atoms with Crippen molar-refractivity contribution < 1.29 is 9.18 Å². The van der Waals surface area contributed by atoms with Crippen molar-refractivity contribution in [3.8, 4) is 33.5 Å². The molecule has 0 aliphatic carbocycles. The molecule has 0 fully saturated rings. The van der Waals surface area contributed by atoms with E-state index in [4.69, 9.17) is 5.10 Å². The van der Waals surface area contributed by atoms with Crippen LogP contribution in [0.4, 0.5) is 10.2 Å². The second-order valence-corrected chi connectivity index (χ2v) is 8.94. The van der Waals surface area contributed by atoms with Crippen LogP contribution in [0.5, 0.6) is 0 Å². The standard InChI is InChI=1S/C30H24FN5O/c31-26-12-10-25(11-13-26)29-28(24-14-16-32-17-15-24)30-34-35(18-19-36(30)33-29)27(37)20-21-6-8-23(9-7-21)22-4-2-1-3-5-22/h1-17,34H,18-20H2. The molecule has 0 saturated carbocycles. The van der Waals surface area contributed by atoms with Crippen molar-refractivity contribution in [2.24, 2.45) is 0 Å². The largest absolute Gasteiger partial charge is 0.279 e. The number of hydrazine groups is 1. The molecule has 1 aliphatic rings. The maximum absolute atomic E-state index is 13.6. The number of nitrogens with zero attached hydrogens (tertiary/aromatic N) is 4. The molecule has 2 aromatic heterocycles. The number of carbonyl (C=O) groups excluding carboxylic acids is 1. The minimum atomic E-state index is -0.301. The molecule has 5 aromatic rings. The summed E-state index contributed by atoms with van der Waals surface area (Å²) in [5, 5.41) is 6.47. The SMILES string of the molecule is O=C(Cc1ccc(-c2ccccc2)cc1)N1CCn2nc(-c3ccc(F)cc3)c(-c3ccncc3)c2N1. The second-order valence-electron chi connectivity index (χ2n) is 8.94. The topological polar surface area (TPSA) is 63.1 Å². The third kappa shape index (κ3) is 4.59. The van der Waals surface area contributed by atoms with Crippen LogP contribution >= 0.6 is 0 Å². The van der Waals surface area contributed by atoms with Crippen LogP contribution in [0.3, 0.4) is 0 Å². The summed E-state index contributed by atoms with van der Waals surface area (Å²) >= 11 is 0. The van der Waals surface area contributed by atoms with Gasteiger partial charge in [0.2, 0.25) is 5.91 Å². The van der Waals surface area contributed by atoms with Crippen LogP contribution in [0.1, 0.15) is 5.56 Å². The van der Waals surface area contributed by atoms with Gasteiger partial charge in [0.25, 0.3) is 0 Å². The van der Waals surface area contributed by atoms with E-state index < -0.39 is 0 Å². The third-order valence-electron chi connectivity index (χ3n) is 6.53. The summed E-state index contributed by atoms with van der Waals surface area (Å²) in [6.07, 6.45) is 3.73. The van der Waals surface area contributed by atoms with E-state index in [9.17, 15) is 9.18 Å². The van der Waals surface area contributed by atoms with Crippen molar-refractivity contribution in [3.05, 3.63) is 115 Å². The van der Waals surface area contributed by atoms with Crippen LogP contribution in [0, 0.1) is 5.82 Å². The zero-order chi connectivity index (χ0) is 25.2. The summed E-state index contributed by atoms with van der Waals surface area (Å²) < 4.78 is 15.5. The number of aromatic nitrogens is 3. The molecule has 0 atom stereocenters. The quantitative estimate of drug-likeness (QED) is 0.337. The van der Waals surface area contributed by atoms with Crippen molar-refractivity contribution in [3.63, 3.8) is 0 Å². The van der Waals surface area contributed by atoms with E-state index in [1.165, 1.54) is 12.1 Å². The monoisotopic (exact) mass is 489 g/mol. The molecule has 6 rings (SSSR count). The first-order valence-corrected chi connectivity index (χ1v) is 12.1. The summed E-state index contributed by atoms with van der Waals surface area (Å²) in [5.74, 6) is 0.401. The highest BCUT2D eigenvalue weighted by Gasteiger charge is 2.28. The lowest BCUT2D eigenvalue weighted by Crippen LogP contribution is -2.43. The molecule has 1 amide bonds. The van der Waals surface area contributed by atoms with Gasteiger partial charge in [0.1, 0.15) is 11.5 Å². The van der Waals surface area contributed by atoms with E-state index in [1.807, 2.05) is 59.3 Å². The van der Waals surface area contributed by atoms with E-state index in [-0.39, 0.29) is 18.1 Å². The lowest BCUT2D eigenvalue weighted by atomic mass is 10.0. The zero-order valence-corrected chi connectivity index (χ0v) is 20.0. The number of carbonyl (C=O) groups is 1. The van der Waals surface area contributed by atoms with Gasteiger partial charge in [0.15, 0.2) is 5.82 Å². The summed E-state index contributed by atoms with van der Waals surface area (Å²) in [4.78, 5) is 17.4. The molecule has 182 valence electrons. The van der Waals surface area contributed by atoms with E-state index in [2.05, 4.69) is 22.5 Å². The smallest absolute Gasteiger partial charge is 0.245 e. The van der Waals surface area contributed by atoms with E-state index in [1.54, 1.807) is 29.5 Å². The van der Waals surface area contributed by atoms with Gasteiger partial charge >= 0.3 is 0 Å². The molecule has 3 aromatic carbocycles. The number of fused-ring (bicyclic) bond motifs is 1. The highest BCUT2D eigenvalue weighted by atomic mass is 19.1. The molecular formula is C30H24FN5O. The van der Waals surface area contributed by atoms with Crippen molar-refractivity contribution in [1.82, 2.24) is 19.8 Å². The minimum absolute atomic E-state index is 0.0241. The lowest BCUT2D eigenvalue weighted by molar-refractivity contribution is -0.129. The number of amides is 1. The molecule has 0 bridgehead atoms. The van der Waals surface area contributed by atoms with Crippen LogP contribution in [-0.2, 0) is 17.8 Å². The van der Waals surface area contributed by atoms with Crippen molar-refractivity contribution in [1.29, 1.82) is 0 Å². The number of rotatable bonds is 5. The van der Waals surface area contributed by atoms with Gasteiger partial charge in [-0.2, -0.15) is 5.10 Å². The first kappa shape index (κ1) is 22.7. The maximum Gasteiger partial charge on any atom is 0.245 e. The maximum atomic E-state index is 13.6.